The number of likely N-dealkylation sites (N-methyl/N-ethyl adjacent to an activating group) is 1. The Morgan fingerprint density at radius 3 is 2.61 bits per heavy atom. The Labute approximate surface area is 132 Å². The molecule has 0 aliphatic carbocycles. The number of hydrogen-bond donors (Lipinski definition) is 2. The maximum Gasteiger partial charge on any atom is 0.248 e. The van der Waals surface area contributed by atoms with Crippen LogP contribution in [0.3, 0.4) is 0 Å². The van der Waals surface area contributed by atoms with Crippen LogP contribution in [0.25, 0.3) is 0 Å². The summed E-state index contributed by atoms with van der Waals surface area (Å²) < 4.78 is 14.3. The molecule has 2 aromatic rings. The summed E-state index contributed by atoms with van der Waals surface area (Å²) in [6.45, 7) is 1.89. The molecule has 0 spiro atoms. The fourth-order valence-electron chi connectivity index (χ4n) is 2.12. The largest absolute Gasteiger partial charge is 0.358 e. The summed E-state index contributed by atoms with van der Waals surface area (Å²) >= 11 is 0. The van der Waals surface area contributed by atoms with E-state index < -0.39 is 5.92 Å². The number of carbonyl (C=O) groups excluding carboxylic acids is 2. The van der Waals surface area contributed by atoms with Crippen LogP contribution in [0, 0.1) is 5.82 Å². The summed E-state index contributed by atoms with van der Waals surface area (Å²) in [4.78, 5) is 27.6. The van der Waals surface area contributed by atoms with E-state index in [1.54, 1.807) is 12.1 Å². The highest BCUT2D eigenvalue weighted by molar-refractivity contribution is 5.94. The molecule has 1 atom stereocenters. The van der Waals surface area contributed by atoms with E-state index in [0.29, 0.717) is 6.42 Å². The van der Waals surface area contributed by atoms with E-state index in [-0.39, 0.29) is 30.1 Å². The number of carbonyl (C=O) groups is 2. The molecule has 7 nitrogen and oxygen atoms in total. The third kappa shape index (κ3) is 4.35. The van der Waals surface area contributed by atoms with Crippen LogP contribution in [0.4, 0.5) is 10.3 Å². The fourth-order valence-corrected chi connectivity index (χ4v) is 2.12. The zero-order chi connectivity index (χ0) is 16.8. The van der Waals surface area contributed by atoms with E-state index in [9.17, 15) is 14.0 Å². The van der Waals surface area contributed by atoms with Gasteiger partial charge in [-0.1, -0.05) is 19.1 Å². The summed E-state index contributed by atoms with van der Waals surface area (Å²) in [6.07, 6.45) is 1.92. The van der Waals surface area contributed by atoms with Crippen molar-refractivity contribution in [1.82, 2.24) is 20.1 Å². The number of nitrogens with zero attached hydrogens (tertiary/aromatic N) is 3. The van der Waals surface area contributed by atoms with Crippen LogP contribution < -0.4 is 10.6 Å². The van der Waals surface area contributed by atoms with Gasteiger partial charge in [-0.05, 0) is 24.1 Å². The first-order chi connectivity index (χ1) is 11.0. The zero-order valence-electron chi connectivity index (χ0n) is 12.9. The number of halogens is 1. The normalized spacial score (nSPS) is 11.8. The Hall–Kier alpha value is -2.77. The van der Waals surface area contributed by atoms with Gasteiger partial charge in [0.15, 0.2) is 0 Å². The van der Waals surface area contributed by atoms with E-state index in [1.807, 2.05) is 6.92 Å². The first kappa shape index (κ1) is 16.6. The van der Waals surface area contributed by atoms with Gasteiger partial charge < -0.3 is 5.32 Å². The molecule has 0 saturated carbocycles. The van der Waals surface area contributed by atoms with Gasteiger partial charge in [0, 0.05) is 7.05 Å². The Bertz CT molecular complexity index is 683. The van der Waals surface area contributed by atoms with Crippen molar-refractivity contribution in [3.8, 4) is 0 Å². The van der Waals surface area contributed by atoms with Gasteiger partial charge >= 0.3 is 0 Å². The highest BCUT2D eigenvalue weighted by Crippen LogP contribution is 2.21. The summed E-state index contributed by atoms with van der Waals surface area (Å²) in [6, 6.07) is 5.81. The molecule has 0 bridgehead atoms. The number of amides is 2. The molecule has 23 heavy (non-hydrogen) atoms. The third-order valence-corrected chi connectivity index (χ3v) is 3.35. The molecule has 1 aromatic heterocycles. The van der Waals surface area contributed by atoms with Crippen LogP contribution in [0.2, 0.25) is 0 Å². The topological polar surface area (TPSA) is 88.9 Å². The Kier molecular flexibility index (Phi) is 5.40. The standard InChI is InChI=1S/C15H18FN5O2/c1-3-12(10-4-6-11(16)7-5-10)14(23)19-15-18-9-21(20-15)8-13(22)17-2/h4-7,9,12H,3,8H2,1-2H3,(H,17,22)(H,19,20,23). The van der Waals surface area contributed by atoms with Crippen LogP contribution >= 0.6 is 0 Å². The molecule has 2 N–H and O–H groups in total. The Morgan fingerprint density at radius 2 is 2.00 bits per heavy atom. The monoisotopic (exact) mass is 319 g/mol. The molecule has 0 fully saturated rings. The van der Waals surface area contributed by atoms with E-state index >= 15 is 0 Å². The first-order valence-electron chi connectivity index (χ1n) is 7.19. The highest BCUT2D eigenvalue weighted by atomic mass is 19.1. The molecule has 1 unspecified atom stereocenters. The van der Waals surface area contributed by atoms with Gasteiger partial charge in [0.05, 0.1) is 5.92 Å². The van der Waals surface area contributed by atoms with Gasteiger partial charge in [0.1, 0.15) is 18.7 Å². The van der Waals surface area contributed by atoms with Gasteiger partial charge in [0.2, 0.25) is 17.8 Å². The Morgan fingerprint density at radius 1 is 1.30 bits per heavy atom. The molecule has 2 rings (SSSR count). The van der Waals surface area contributed by atoms with Gasteiger partial charge in [0.25, 0.3) is 0 Å². The molecule has 0 aliphatic heterocycles. The van der Waals surface area contributed by atoms with E-state index in [0.717, 1.165) is 5.56 Å². The van der Waals surface area contributed by atoms with Gasteiger partial charge in [-0.15, -0.1) is 5.10 Å². The molecule has 2 amide bonds. The van der Waals surface area contributed by atoms with Crippen LogP contribution in [0.15, 0.2) is 30.6 Å². The fraction of sp³-hybridized carbons (Fsp3) is 0.333. The number of hydrogen-bond acceptors (Lipinski definition) is 4. The second kappa shape index (κ2) is 7.48. The lowest BCUT2D eigenvalue weighted by molar-refractivity contribution is -0.121. The van der Waals surface area contributed by atoms with Crippen LogP contribution in [-0.2, 0) is 16.1 Å². The van der Waals surface area contributed by atoms with Crippen LogP contribution in [0.5, 0.6) is 0 Å². The van der Waals surface area contributed by atoms with E-state index in [2.05, 4.69) is 20.7 Å². The summed E-state index contributed by atoms with van der Waals surface area (Å²) in [7, 11) is 1.52. The molecular formula is C15H18FN5O2. The predicted octanol–water partition coefficient (Wildman–Crippen LogP) is 1.30. The number of nitrogens with one attached hydrogen (secondary N) is 2. The van der Waals surface area contributed by atoms with Crippen molar-refractivity contribution in [2.75, 3.05) is 12.4 Å². The molecule has 1 aromatic carbocycles. The molecule has 0 radical (unpaired) electrons. The van der Waals surface area contributed by atoms with Gasteiger partial charge in [-0.3, -0.25) is 14.9 Å². The summed E-state index contributed by atoms with van der Waals surface area (Å²) in [5, 5.41) is 9.10. The van der Waals surface area contributed by atoms with Crippen molar-refractivity contribution in [2.45, 2.75) is 25.8 Å². The first-order valence-corrected chi connectivity index (χ1v) is 7.19. The number of rotatable bonds is 6. The maximum atomic E-state index is 13.0. The van der Waals surface area contributed by atoms with Gasteiger partial charge in [-0.2, -0.15) is 0 Å². The smallest absolute Gasteiger partial charge is 0.248 e. The third-order valence-electron chi connectivity index (χ3n) is 3.35. The number of aromatic nitrogens is 3. The van der Waals surface area contributed by atoms with Crippen LogP contribution in [-0.4, -0.2) is 33.6 Å². The second-order valence-electron chi connectivity index (χ2n) is 4.94. The molecule has 122 valence electrons. The van der Waals surface area contributed by atoms with Crippen LogP contribution in [0.1, 0.15) is 24.8 Å². The number of benzene rings is 1. The van der Waals surface area contributed by atoms with E-state index in [4.69, 9.17) is 0 Å². The van der Waals surface area contributed by atoms with Crippen molar-refractivity contribution in [2.24, 2.45) is 0 Å². The van der Waals surface area contributed by atoms with Crippen molar-refractivity contribution in [1.29, 1.82) is 0 Å². The lowest BCUT2D eigenvalue weighted by Crippen LogP contribution is -2.24. The molecular weight excluding hydrogens is 301 g/mol. The maximum absolute atomic E-state index is 13.0. The zero-order valence-corrected chi connectivity index (χ0v) is 12.9. The van der Waals surface area contributed by atoms with Crippen molar-refractivity contribution in [3.05, 3.63) is 42.0 Å². The molecule has 1 heterocycles. The lowest BCUT2D eigenvalue weighted by Gasteiger charge is -2.13. The minimum Gasteiger partial charge on any atom is -0.358 e. The minimum atomic E-state index is -0.429. The van der Waals surface area contributed by atoms with E-state index in [1.165, 1.54) is 30.2 Å². The second-order valence-corrected chi connectivity index (χ2v) is 4.94. The highest BCUT2D eigenvalue weighted by Gasteiger charge is 2.20. The predicted molar refractivity (Wildman–Crippen MR) is 82.2 cm³/mol. The summed E-state index contributed by atoms with van der Waals surface area (Å²) in [5.41, 5.74) is 0.719. The molecule has 8 heteroatoms. The minimum absolute atomic E-state index is 0.0224. The molecule has 0 aliphatic rings. The van der Waals surface area contributed by atoms with Crippen molar-refractivity contribution >= 4 is 17.8 Å². The van der Waals surface area contributed by atoms with Crippen molar-refractivity contribution < 1.29 is 14.0 Å². The van der Waals surface area contributed by atoms with Crippen molar-refractivity contribution in [3.63, 3.8) is 0 Å². The number of anilines is 1. The summed E-state index contributed by atoms with van der Waals surface area (Å²) in [5.74, 6) is -1.15. The van der Waals surface area contributed by atoms with Gasteiger partial charge in [-0.25, -0.2) is 14.1 Å². The SMILES string of the molecule is CCC(C(=O)Nc1ncn(CC(=O)NC)n1)c1ccc(F)cc1. The lowest BCUT2D eigenvalue weighted by atomic mass is 9.96. The quantitative estimate of drug-likeness (QED) is 0.840. The average Bonchev–Trinajstić information content (AvgIpc) is 2.96. The average molecular weight is 319 g/mol. The Balaban J connectivity index is 2.05. The molecule has 0 saturated heterocycles.